The molecule has 1 saturated heterocycles. The Balaban J connectivity index is 2.07. The summed E-state index contributed by atoms with van der Waals surface area (Å²) in [6.07, 6.45) is 7.33. The van der Waals surface area contributed by atoms with Gasteiger partial charge in [0.1, 0.15) is 11.4 Å². The molecule has 0 aromatic carbocycles. The average molecular weight is 306 g/mol. The molecule has 0 amide bonds. The molecule has 0 aromatic rings. The fraction of sp³-hybridized carbons (Fsp3) is 0.842. The van der Waals surface area contributed by atoms with Crippen LogP contribution in [0.15, 0.2) is 11.8 Å². The number of hydrogen-bond donors (Lipinski definition) is 0. The van der Waals surface area contributed by atoms with Gasteiger partial charge in [0.25, 0.3) is 0 Å². The molecule has 3 rings (SSSR count). The number of rotatable bonds is 5. The van der Waals surface area contributed by atoms with E-state index in [1.165, 1.54) is 20.0 Å². The fourth-order valence-electron chi connectivity index (χ4n) is 6.39. The predicted octanol–water partition coefficient (Wildman–Crippen LogP) is 4.32. The third kappa shape index (κ3) is 1.66. The van der Waals surface area contributed by atoms with E-state index in [-0.39, 0.29) is 17.0 Å². The van der Waals surface area contributed by atoms with E-state index >= 15 is 0 Å². The SMILES string of the molecule is CC[C@@H]1C[C@@]2(CC)OC(=CC(=O)OC)[C@@]3(CC)[C@H](CC)[C@@H]1[C@@H]23. The molecule has 0 aromatic heterocycles. The zero-order valence-electron chi connectivity index (χ0n) is 14.6. The second-order valence-electron chi connectivity index (χ2n) is 7.39. The molecule has 3 heteroatoms. The Morgan fingerprint density at radius 1 is 1.27 bits per heavy atom. The van der Waals surface area contributed by atoms with Gasteiger partial charge >= 0.3 is 5.97 Å². The van der Waals surface area contributed by atoms with Crippen LogP contribution in [0, 0.1) is 29.1 Å². The number of carbonyl (C=O) groups excluding carboxylic acids is 1. The average Bonchev–Trinajstić information content (AvgIpc) is 2.90. The van der Waals surface area contributed by atoms with Gasteiger partial charge in [0.05, 0.1) is 13.2 Å². The first-order valence-corrected chi connectivity index (χ1v) is 9.03. The maximum atomic E-state index is 11.8. The maximum Gasteiger partial charge on any atom is 0.333 e. The summed E-state index contributed by atoms with van der Waals surface area (Å²) in [5.74, 6) is 3.46. The van der Waals surface area contributed by atoms with Gasteiger partial charge < -0.3 is 9.47 Å². The Morgan fingerprint density at radius 2 is 2.00 bits per heavy atom. The molecule has 0 bridgehead atoms. The Labute approximate surface area is 134 Å². The molecule has 0 unspecified atom stereocenters. The second kappa shape index (κ2) is 5.28. The molecule has 1 aliphatic heterocycles. The predicted molar refractivity (Wildman–Crippen MR) is 86.1 cm³/mol. The Kier molecular flexibility index (Phi) is 3.81. The van der Waals surface area contributed by atoms with E-state index in [4.69, 9.17) is 9.47 Å². The quantitative estimate of drug-likeness (QED) is 0.560. The minimum atomic E-state index is -0.278. The summed E-state index contributed by atoms with van der Waals surface area (Å²) in [7, 11) is 1.44. The van der Waals surface area contributed by atoms with Crippen molar-refractivity contribution in [1.82, 2.24) is 0 Å². The molecule has 0 radical (unpaired) electrons. The summed E-state index contributed by atoms with van der Waals surface area (Å²) in [5.41, 5.74) is 0.0421. The molecule has 3 fully saturated rings. The summed E-state index contributed by atoms with van der Waals surface area (Å²) in [6.45, 7) is 9.12. The Morgan fingerprint density at radius 3 is 2.50 bits per heavy atom. The summed E-state index contributed by atoms with van der Waals surface area (Å²) in [4.78, 5) is 11.8. The first-order valence-electron chi connectivity index (χ1n) is 9.03. The lowest BCUT2D eigenvalue weighted by Gasteiger charge is -2.58. The molecule has 6 atom stereocenters. The Bertz CT molecular complexity index is 497. The molecule has 2 aliphatic carbocycles. The number of allylic oxidation sites excluding steroid dienone is 1. The van der Waals surface area contributed by atoms with Crippen LogP contribution in [-0.2, 0) is 14.3 Å². The van der Waals surface area contributed by atoms with Crippen molar-refractivity contribution in [2.75, 3.05) is 7.11 Å². The fourth-order valence-corrected chi connectivity index (χ4v) is 6.39. The van der Waals surface area contributed by atoms with E-state index in [2.05, 4.69) is 27.7 Å². The molecular formula is C19H30O3. The highest BCUT2D eigenvalue weighted by Crippen LogP contribution is 2.78. The first-order chi connectivity index (χ1) is 10.5. The molecule has 1 heterocycles. The standard InChI is InChI=1S/C19H30O3/c1-6-12-11-18(8-3)17-16(12)13(7-2)19(17,9-4)14(22-18)10-15(20)21-5/h10,12-13,16-17H,6-9,11H2,1-5H3/t12-,13-,16-,17+,18-,19-/m1/s1. The normalized spacial score (nSPS) is 47.0. The number of carbonyl (C=O) groups is 1. The largest absolute Gasteiger partial charge is 0.490 e. The van der Waals surface area contributed by atoms with E-state index in [1.54, 1.807) is 6.08 Å². The van der Waals surface area contributed by atoms with Gasteiger partial charge in [-0.1, -0.05) is 40.5 Å². The molecule has 3 aliphatic rings. The van der Waals surface area contributed by atoms with Gasteiger partial charge in [-0.2, -0.15) is 0 Å². The lowest BCUT2D eigenvalue weighted by atomic mass is 9.43. The van der Waals surface area contributed by atoms with Crippen LogP contribution in [0.2, 0.25) is 0 Å². The summed E-state index contributed by atoms with van der Waals surface area (Å²) < 4.78 is 11.4. The van der Waals surface area contributed by atoms with Gasteiger partial charge in [-0.3, -0.25) is 0 Å². The van der Waals surface area contributed by atoms with Crippen molar-refractivity contribution in [2.24, 2.45) is 29.1 Å². The summed E-state index contributed by atoms with van der Waals surface area (Å²) in [6, 6.07) is 0. The number of esters is 1. The van der Waals surface area contributed by atoms with Crippen molar-refractivity contribution in [3.05, 3.63) is 11.8 Å². The van der Waals surface area contributed by atoms with E-state index < -0.39 is 0 Å². The molecule has 22 heavy (non-hydrogen) atoms. The van der Waals surface area contributed by atoms with Gasteiger partial charge in [-0.15, -0.1) is 0 Å². The van der Waals surface area contributed by atoms with Crippen LogP contribution in [0.4, 0.5) is 0 Å². The maximum absolute atomic E-state index is 11.8. The molecule has 2 saturated carbocycles. The minimum Gasteiger partial charge on any atom is -0.490 e. The van der Waals surface area contributed by atoms with Crippen LogP contribution >= 0.6 is 0 Å². The zero-order valence-corrected chi connectivity index (χ0v) is 14.6. The van der Waals surface area contributed by atoms with Crippen LogP contribution in [0.1, 0.15) is 59.8 Å². The van der Waals surface area contributed by atoms with Crippen LogP contribution in [-0.4, -0.2) is 18.7 Å². The molecule has 0 N–H and O–H groups in total. The third-order valence-electron chi connectivity index (χ3n) is 7.15. The molecule has 3 nitrogen and oxygen atoms in total. The summed E-state index contributed by atoms with van der Waals surface area (Å²) >= 11 is 0. The van der Waals surface area contributed by atoms with Crippen LogP contribution in [0.25, 0.3) is 0 Å². The van der Waals surface area contributed by atoms with Gasteiger partial charge in [0, 0.05) is 11.3 Å². The Hall–Kier alpha value is -0.990. The molecular weight excluding hydrogens is 276 g/mol. The minimum absolute atomic E-state index is 0.0348. The van der Waals surface area contributed by atoms with E-state index in [1.807, 2.05) is 0 Å². The topological polar surface area (TPSA) is 35.5 Å². The third-order valence-corrected chi connectivity index (χ3v) is 7.15. The van der Waals surface area contributed by atoms with Gasteiger partial charge in [0.15, 0.2) is 0 Å². The molecule has 124 valence electrons. The van der Waals surface area contributed by atoms with Crippen molar-refractivity contribution in [3.63, 3.8) is 0 Å². The second-order valence-corrected chi connectivity index (χ2v) is 7.39. The van der Waals surface area contributed by atoms with Crippen molar-refractivity contribution in [3.8, 4) is 0 Å². The van der Waals surface area contributed by atoms with E-state index in [9.17, 15) is 4.79 Å². The van der Waals surface area contributed by atoms with Gasteiger partial charge in [-0.25, -0.2) is 4.79 Å². The highest BCUT2D eigenvalue weighted by Gasteiger charge is 2.78. The number of methoxy groups -OCH3 is 1. The number of hydrogen-bond acceptors (Lipinski definition) is 3. The smallest absolute Gasteiger partial charge is 0.333 e. The lowest BCUT2D eigenvalue weighted by molar-refractivity contribution is -0.135. The van der Waals surface area contributed by atoms with Crippen LogP contribution in [0.5, 0.6) is 0 Å². The first kappa shape index (κ1) is 15.9. The molecule has 0 spiro atoms. The highest BCUT2D eigenvalue weighted by molar-refractivity contribution is 5.82. The van der Waals surface area contributed by atoms with Gasteiger partial charge in [-0.05, 0) is 37.0 Å². The van der Waals surface area contributed by atoms with Gasteiger partial charge in [0.2, 0.25) is 0 Å². The van der Waals surface area contributed by atoms with Crippen molar-refractivity contribution >= 4 is 5.97 Å². The van der Waals surface area contributed by atoms with E-state index in [0.717, 1.165) is 36.9 Å². The van der Waals surface area contributed by atoms with E-state index in [0.29, 0.717) is 11.8 Å². The lowest BCUT2D eigenvalue weighted by Crippen LogP contribution is -2.57. The van der Waals surface area contributed by atoms with Crippen molar-refractivity contribution in [2.45, 2.75) is 65.4 Å². The summed E-state index contributed by atoms with van der Waals surface area (Å²) in [5, 5.41) is 0. The van der Waals surface area contributed by atoms with Crippen LogP contribution < -0.4 is 0 Å². The highest BCUT2D eigenvalue weighted by atomic mass is 16.5. The van der Waals surface area contributed by atoms with Crippen LogP contribution in [0.3, 0.4) is 0 Å². The zero-order chi connectivity index (χ0) is 16.1. The monoisotopic (exact) mass is 306 g/mol. The number of ether oxygens (including phenoxy) is 2. The van der Waals surface area contributed by atoms with Crippen molar-refractivity contribution < 1.29 is 14.3 Å². The van der Waals surface area contributed by atoms with Crippen molar-refractivity contribution in [1.29, 1.82) is 0 Å².